The Bertz CT molecular complexity index is 1010. The van der Waals surface area contributed by atoms with Crippen LogP contribution < -0.4 is 4.31 Å². The maximum atomic E-state index is 12.4. The van der Waals surface area contributed by atoms with Gasteiger partial charge < -0.3 is 9.26 Å². The summed E-state index contributed by atoms with van der Waals surface area (Å²) < 4.78 is 34.8. The van der Waals surface area contributed by atoms with Crippen LogP contribution in [0, 0.1) is 0 Å². The Morgan fingerprint density at radius 3 is 2.77 bits per heavy atom. The highest BCUT2D eigenvalue weighted by Crippen LogP contribution is 2.23. The Morgan fingerprint density at radius 1 is 1.31 bits per heavy atom. The summed E-state index contributed by atoms with van der Waals surface area (Å²) in [7, 11) is -2.15. The van der Waals surface area contributed by atoms with Gasteiger partial charge >= 0.3 is 5.97 Å². The molecule has 3 rings (SSSR count). The van der Waals surface area contributed by atoms with Crippen molar-refractivity contribution in [2.45, 2.75) is 6.61 Å². The van der Waals surface area contributed by atoms with Crippen molar-refractivity contribution in [3.63, 3.8) is 0 Å². The molecule has 0 bridgehead atoms. The Morgan fingerprint density at radius 2 is 2.08 bits per heavy atom. The quantitative estimate of drug-likeness (QED) is 0.593. The molecule has 10 heteroatoms. The van der Waals surface area contributed by atoms with Gasteiger partial charge in [-0.25, -0.2) is 13.2 Å². The van der Waals surface area contributed by atoms with Gasteiger partial charge in [0, 0.05) is 18.0 Å². The lowest BCUT2D eigenvalue weighted by atomic mass is 10.2. The van der Waals surface area contributed by atoms with Crippen LogP contribution >= 0.6 is 11.3 Å². The Hall–Kier alpha value is -2.72. The van der Waals surface area contributed by atoms with Crippen molar-refractivity contribution in [2.75, 3.05) is 17.6 Å². The number of anilines is 1. The number of aromatic nitrogens is 2. The lowest BCUT2D eigenvalue weighted by Gasteiger charge is -2.19. The maximum Gasteiger partial charge on any atom is 0.340 e. The van der Waals surface area contributed by atoms with Gasteiger partial charge in [0.15, 0.2) is 6.61 Å². The summed E-state index contributed by atoms with van der Waals surface area (Å²) in [6.07, 6.45) is 1.06. The number of carbonyl (C=O) groups is 1. The van der Waals surface area contributed by atoms with Gasteiger partial charge in [-0.3, -0.25) is 4.31 Å². The summed E-state index contributed by atoms with van der Waals surface area (Å²) >= 11 is 1.50. The highest BCUT2D eigenvalue weighted by Gasteiger charge is 2.21. The second-order valence-electron chi connectivity index (χ2n) is 5.35. The molecule has 0 fully saturated rings. The molecule has 0 amide bonds. The summed E-state index contributed by atoms with van der Waals surface area (Å²) in [6.45, 7) is -0.215. The average Bonchev–Trinajstić information content (AvgIpc) is 3.29. The SMILES string of the molecule is CN(c1ccccc1C(=O)OCc1nc(-c2ccsc2)no1)S(C)(=O)=O. The van der Waals surface area contributed by atoms with E-state index in [9.17, 15) is 13.2 Å². The van der Waals surface area contributed by atoms with Crippen LogP contribution in [0.5, 0.6) is 0 Å². The first-order chi connectivity index (χ1) is 12.4. The smallest absolute Gasteiger partial charge is 0.340 e. The zero-order valence-corrected chi connectivity index (χ0v) is 15.6. The topological polar surface area (TPSA) is 103 Å². The van der Waals surface area contributed by atoms with E-state index in [0.717, 1.165) is 16.1 Å². The summed E-state index contributed by atoms with van der Waals surface area (Å²) in [5.74, 6) is -0.130. The van der Waals surface area contributed by atoms with Crippen molar-refractivity contribution >= 4 is 33.0 Å². The number of sulfonamides is 1. The first-order valence-electron chi connectivity index (χ1n) is 7.41. The van der Waals surface area contributed by atoms with Gasteiger partial charge in [-0.15, -0.1) is 0 Å². The van der Waals surface area contributed by atoms with Crippen LogP contribution in [0.2, 0.25) is 0 Å². The number of esters is 1. The zero-order valence-electron chi connectivity index (χ0n) is 13.9. The normalized spacial score (nSPS) is 11.3. The fourth-order valence-corrected chi connectivity index (χ4v) is 3.28. The first-order valence-corrected chi connectivity index (χ1v) is 10.2. The molecule has 0 N–H and O–H groups in total. The zero-order chi connectivity index (χ0) is 18.7. The molecule has 3 aromatic rings. The molecule has 136 valence electrons. The van der Waals surface area contributed by atoms with Gasteiger partial charge in [0.2, 0.25) is 15.8 Å². The largest absolute Gasteiger partial charge is 0.452 e. The number of thiophene rings is 1. The number of rotatable bonds is 6. The molecule has 2 aromatic heterocycles. The van der Waals surface area contributed by atoms with Gasteiger partial charge in [-0.2, -0.15) is 16.3 Å². The van der Waals surface area contributed by atoms with Crippen LogP contribution in [0.25, 0.3) is 11.4 Å². The summed E-state index contributed by atoms with van der Waals surface area (Å²) in [4.78, 5) is 16.5. The summed E-state index contributed by atoms with van der Waals surface area (Å²) in [5.41, 5.74) is 1.17. The predicted octanol–water partition coefficient (Wildman–Crippen LogP) is 2.55. The molecule has 0 aliphatic heterocycles. The number of nitrogens with zero attached hydrogens (tertiary/aromatic N) is 3. The Labute approximate surface area is 154 Å². The van der Waals surface area contributed by atoms with Crippen LogP contribution in [0.1, 0.15) is 16.2 Å². The number of para-hydroxylation sites is 1. The van der Waals surface area contributed by atoms with E-state index >= 15 is 0 Å². The molecular formula is C16H15N3O5S2. The van der Waals surface area contributed by atoms with Crippen molar-refractivity contribution in [3.05, 3.63) is 52.5 Å². The third kappa shape index (κ3) is 3.92. The number of hydrogen-bond acceptors (Lipinski definition) is 8. The minimum absolute atomic E-state index is 0.123. The van der Waals surface area contributed by atoms with E-state index in [1.165, 1.54) is 30.5 Å². The van der Waals surface area contributed by atoms with Crippen LogP contribution in [0.4, 0.5) is 5.69 Å². The molecule has 2 heterocycles. The van der Waals surface area contributed by atoms with E-state index in [2.05, 4.69) is 10.1 Å². The number of carbonyl (C=O) groups excluding carboxylic acids is 1. The fourth-order valence-electron chi connectivity index (χ4n) is 2.13. The highest BCUT2D eigenvalue weighted by molar-refractivity contribution is 7.92. The van der Waals surface area contributed by atoms with Gasteiger partial charge in [0.1, 0.15) is 0 Å². The third-order valence-corrected chi connectivity index (χ3v) is 5.41. The molecule has 0 saturated heterocycles. The van der Waals surface area contributed by atoms with Crippen molar-refractivity contribution in [1.29, 1.82) is 0 Å². The van der Waals surface area contributed by atoms with E-state index in [0.29, 0.717) is 5.82 Å². The predicted molar refractivity (Wildman–Crippen MR) is 96.4 cm³/mol. The molecule has 0 aliphatic rings. The third-order valence-electron chi connectivity index (χ3n) is 3.53. The van der Waals surface area contributed by atoms with Crippen molar-refractivity contribution in [2.24, 2.45) is 0 Å². The Balaban J connectivity index is 1.73. The molecule has 0 atom stereocenters. The lowest BCUT2D eigenvalue weighted by molar-refractivity contribution is 0.0431. The molecule has 0 aliphatic carbocycles. The van der Waals surface area contributed by atoms with Crippen molar-refractivity contribution in [1.82, 2.24) is 10.1 Å². The second kappa shape index (κ2) is 7.26. The maximum absolute atomic E-state index is 12.4. The number of ether oxygens (including phenoxy) is 1. The molecule has 0 radical (unpaired) electrons. The van der Waals surface area contributed by atoms with Gasteiger partial charge in [0.05, 0.1) is 17.5 Å². The fraction of sp³-hybridized carbons (Fsp3) is 0.188. The molecule has 8 nitrogen and oxygen atoms in total. The Kier molecular flexibility index (Phi) is 5.05. The van der Waals surface area contributed by atoms with Crippen molar-refractivity contribution in [3.8, 4) is 11.4 Å². The highest BCUT2D eigenvalue weighted by atomic mass is 32.2. The number of hydrogen-bond donors (Lipinski definition) is 0. The molecule has 26 heavy (non-hydrogen) atoms. The van der Waals surface area contributed by atoms with E-state index in [1.54, 1.807) is 12.1 Å². The second-order valence-corrected chi connectivity index (χ2v) is 8.14. The van der Waals surface area contributed by atoms with Crippen LogP contribution in [-0.2, 0) is 21.4 Å². The molecule has 0 spiro atoms. The molecular weight excluding hydrogens is 378 g/mol. The minimum Gasteiger partial charge on any atom is -0.452 e. The lowest BCUT2D eigenvalue weighted by Crippen LogP contribution is -2.26. The monoisotopic (exact) mass is 393 g/mol. The summed E-state index contributed by atoms with van der Waals surface area (Å²) in [6, 6.07) is 8.13. The van der Waals surface area contributed by atoms with Gasteiger partial charge in [0.25, 0.3) is 5.89 Å². The van der Waals surface area contributed by atoms with Crippen LogP contribution in [-0.4, -0.2) is 37.8 Å². The standard InChI is InChI=1S/C16H15N3O5S2/c1-19(26(2,21)22)13-6-4-3-5-12(13)16(20)23-9-14-17-15(18-24-14)11-7-8-25-10-11/h3-8,10H,9H2,1-2H3. The van der Waals surface area contributed by atoms with E-state index in [4.69, 9.17) is 9.26 Å². The van der Waals surface area contributed by atoms with Gasteiger partial charge in [-0.1, -0.05) is 17.3 Å². The van der Waals surface area contributed by atoms with Crippen LogP contribution in [0.15, 0.2) is 45.6 Å². The average molecular weight is 393 g/mol. The molecule has 0 saturated carbocycles. The molecule has 0 unspecified atom stereocenters. The van der Waals surface area contributed by atoms with E-state index in [-0.39, 0.29) is 23.7 Å². The van der Waals surface area contributed by atoms with E-state index < -0.39 is 16.0 Å². The van der Waals surface area contributed by atoms with Crippen LogP contribution in [0.3, 0.4) is 0 Å². The van der Waals surface area contributed by atoms with E-state index in [1.807, 2.05) is 16.8 Å². The first kappa shape index (κ1) is 18.1. The summed E-state index contributed by atoms with van der Waals surface area (Å²) in [5, 5.41) is 7.59. The number of benzene rings is 1. The molecule has 1 aromatic carbocycles. The minimum atomic E-state index is -3.52. The van der Waals surface area contributed by atoms with Gasteiger partial charge in [-0.05, 0) is 23.6 Å². The van der Waals surface area contributed by atoms with Crippen molar-refractivity contribution < 1.29 is 22.5 Å².